The first-order chi connectivity index (χ1) is 4.52. The molecular weight excluding hydrogens is 142 g/mol. The van der Waals surface area contributed by atoms with Gasteiger partial charge in [0.15, 0.2) is 0 Å². The van der Waals surface area contributed by atoms with E-state index in [9.17, 15) is 0 Å². The van der Waals surface area contributed by atoms with E-state index in [2.05, 4.69) is 26.8 Å². The largest absolute Gasteiger partial charge is 0.198 e. The van der Waals surface area contributed by atoms with Crippen LogP contribution in [0.25, 0.3) is 0 Å². The summed E-state index contributed by atoms with van der Waals surface area (Å²) in [6.45, 7) is 6.32. The molecule has 0 heterocycles. The Balaban J connectivity index is 3.98. The van der Waals surface area contributed by atoms with Crippen LogP contribution in [0.5, 0.6) is 0 Å². The highest BCUT2D eigenvalue weighted by Gasteiger charge is 2.23. The predicted molar refractivity (Wildman–Crippen MR) is 46.9 cm³/mol. The van der Waals surface area contributed by atoms with Crippen molar-refractivity contribution in [3.8, 4) is 6.07 Å². The maximum absolute atomic E-state index is 8.73. The van der Waals surface area contributed by atoms with Crippen LogP contribution in [0.3, 0.4) is 0 Å². The van der Waals surface area contributed by atoms with Crippen molar-refractivity contribution in [2.75, 3.05) is 12.0 Å². The Morgan fingerprint density at radius 1 is 1.50 bits per heavy atom. The Kier molecular flexibility index (Phi) is 3.81. The number of hydrogen-bond donors (Lipinski definition) is 0. The molecule has 0 N–H and O–H groups in total. The van der Waals surface area contributed by atoms with Crippen molar-refractivity contribution in [1.82, 2.24) is 0 Å². The van der Waals surface area contributed by atoms with Gasteiger partial charge in [0.25, 0.3) is 0 Å². The van der Waals surface area contributed by atoms with Crippen molar-refractivity contribution in [3.63, 3.8) is 0 Å². The van der Waals surface area contributed by atoms with Crippen LogP contribution in [0.4, 0.5) is 0 Å². The smallest absolute Gasteiger partial charge is 0.0670 e. The maximum Gasteiger partial charge on any atom is 0.0670 e. The fraction of sp³-hybridized carbons (Fsp3) is 0.875. The molecule has 0 aromatic carbocycles. The van der Waals surface area contributed by atoms with Gasteiger partial charge in [0.2, 0.25) is 0 Å². The molecule has 0 aromatic rings. The molecule has 1 unspecified atom stereocenters. The van der Waals surface area contributed by atoms with Crippen LogP contribution in [0.2, 0.25) is 0 Å². The second kappa shape index (κ2) is 3.88. The molecule has 0 amide bonds. The Hall–Kier alpha value is -0.160. The normalized spacial score (nSPS) is 14.3. The molecule has 0 aliphatic rings. The summed E-state index contributed by atoms with van der Waals surface area (Å²) in [5.74, 6) is 1.13. The summed E-state index contributed by atoms with van der Waals surface area (Å²) in [6.07, 6.45) is 2.04. The summed E-state index contributed by atoms with van der Waals surface area (Å²) in [7, 11) is 0. The molecule has 1 nitrogen and oxygen atoms in total. The van der Waals surface area contributed by atoms with Gasteiger partial charge in [0, 0.05) is 5.75 Å². The molecule has 0 radical (unpaired) electrons. The average molecular weight is 157 g/mol. The minimum absolute atomic E-state index is 0.137. The van der Waals surface area contributed by atoms with E-state index < -0.39 is 0 Å². The topological polar surface area (TPSA) is 23.8 Å². The van der Waals surface area contributed by atoms with Crippen molar-refractivity contribution in [1.29, 1.82) is 5.26 Å². The van der Waals surface area contributed by atoms with Gasteiger partial charge in [0.1, 0.15) is 0 Å². The molecule has 0 aromatic heterocycles. The Labute approximate surface area is 67.8 Å². The lowest BCUT2D eigenvalue weighted by Gasteiger charge is -2.23. The molecule has 0 fully saturated rings. The predicted octanol–water partition coefficient (Wildman–Crippen LogP) is 2.54. The van der Waals surface area contributed by atoms with Crippen molar-refractivity contribution in [2.24, 2.45) is 11.3 Å². The number of hydrogen-bond acceptors (Lipinski definition) is 2. The molecule has 0 saturated heterocycles. The highest BCUT2D eigenvalue weighted by Crippen LogP contribution is 2.27. The van der Waals surface area contributed by atoms with Crippen molar-refractivity contribution < 1.29 is 0 Å². The summed E-state index contributed by atoms with van der Waals surface area (Å²) in [4.78, 5) is 0. The van der Waals surface area contributed by atoms with E-state index in [1.807, 2.05) is 6.26 Å². The number of nitrogens with zero attached hydrogens (tertiary/aromatic N) is 1. The Morgan fingerprint density at radius 3 is 2.10 bits per heavy atom. The zero-order valence-corrected chi connectivity index (χ0v) is 7.96. The highest BCUT2D eigenvalue weighted by atomic mass is 32.2. The fourth-order valence-electron chi connectivity index (χ4n) is 0.648. The van der Waals surface area contributed by atoms with Crippen LogP contribution < -0.4 is 0 Å². The molecule has 1 atom stereocenters. The van der Waals surface area contributed by atoms with Gasteiger partial charge in [-0.2, -0.15) is 17.0 Å². The zero-order chi connectivity index (χ0) is 8.20. The summed E-state index contributed by atoms with van der Waals surface area (Å²) in [6, 6.07) is 2.32. The standard InChI is InChI=1S/C8H15NS/c1-8(2,3)7(5-9)6-10-4/h7H,6H2,1-4H3. The molecular formula is C8H15NS. The lowest BCUT2D eigenvalue weighted by atomic mass is 9.83. The molecule has 0 bridgehead atoms. The van der Waals surface area contributed by atoms with Crippen LogP contribution in [-0.4, -0.2) is 12.0 Å². The molecule has 0 aliphatic heterocycles. The van der Waals surface area contributed by atoms with Gasteiger partial charge in [-0.1, -0.05) is 20.8 Å². The van der Waals surface area contributed by atoms with E-state index in [0.29, 0.717) is 0 Å². The first kappa shape index (κ1) is 9.84. The van der Waals surface area contributed by atoms with Gasteiger partial charge >= 0.3 is 0 Å². The van der Waals surface area contributed by atoms with Gasteiger partial charge in [-0.25, -0.2) is 0 Å². The molecule has 0 spiro atoms. The lowest BCUT2D eigenvalue weighted by molar-refractivity contribution is 0.326. The fourth-order valence-corrected chi connectivity index (χ4v) is 1.56. The third-order valence-electron chi connectivity index (χ3n) is 1.53. The maximum atomic E-state index is 8.73. The van der Waals surface area contributed by atoms with E-state index in [1.165, 1.54) is 0 Å². The number of rotatable bonds is 2. The molecule has 2 heteroatoms. The molecule has 10 heavy (non-hydrogen) atoms. The second-order valence-electron chi connectivity index (χ2n) is 3.50. The first-order valence-corrected chi connectivity index (χ1v) is 4.80. The van der Waals surface area contributed by atoms with Gasteiger partial charge in [-0.3, -0.25) is 0 Å². The van der Waals surface area contributed by atoms with Gasteiger partial charge in [-0.05, 0) is 11.7 Å². The van der Waals surface area contributed by atoms with E-state index in [4.69, 9.17) is 5.26 Å². The van der Waals surface area contributed by atoms with Crippen LogP contribution in [-0.2, 0) is 0 Å². The van der Waals surface area contributed by atoms with E-state index >= 15 is 0 Å². The van der Waals surface area contributed by atoms with Crippen LogP contribution in [0, 0.1) is 22.7 Å². The average Bonchev–Trinajstić information content (AvgIpc) is 1.80. The third-order valence-corrected chi connectivity index (χ3v) is 2.20. The van der Waals surface area contributed by atoms with Crippen molar-refractivity contribution in [3.05, 3.63) is 0 Å². The van der Waals surface area contributed by atoms with Crippen LogP contribution in [0.15, 0.2) is 0 Å². The SMILES string of the molecule is CSCC(C#N)C(C)(C)C. The molecule has 0 aliphatic carbocycles. The third kappa shape index (κ3) is 3.12. The molecule has 58 valence electrons. The van der Waals surface area contributed by atoms with E-state index in [0.717, 1.165) is 5.75 Å². The minimum atomic E-state index is 0.137. The van der Waals surface area contributed by atoms with Crippen LogP contribution in [0.1, 0.15) is 20.8 Å². The van der Waals surface area contributed by atoms with Gasteiger partial charge in [0.05, 0.1) is 12.0 Å². The van der Waals surface area contributed by atoms with Crippen molar-refractivity contribution >= 4 is 11.8 Å². The zero-order valence-electron chi connectivity index (χ0n) is 7.14. The minimum Gasteiger partial charge on any atom is -0.198 e. The van der Waals surface area contributed by atoms with E-state index in [-0.39, 0.29) is 11.3 Å². The van der Waals surface area contributed by atoms with Crippen LogP contribution >= 0.6 is 11.8 Å². The van der Waals surface area contributed by atoms with Gasteiger partial charge < -0.3 is 0 Å². The quantitative estimate of drug-likeness (QED) is 0.615. The van der Waals surface area contributed by atoms with Gasteiger partial charge in [-0.15, -0.1) is 0 Å². The Bertz CT molecular complexity index is 129. The molecule has 0 saturated carbocycles. The molecule has 0 rings (SSSR count). The summed E-state index contributed by atoms with van der Waals surface area (Å²) in [5.41, 5.74) is 0.137. The first-order valence-electron chi connectivity index (χ1n) is 3.41. The highest BCUT2D eigenvalue weighted by molar-refractivity contribution is 7.98. The van der Waals surface area contributed by atoms with Crippen molar-refractivity contribution in [2.45, 2.75) is 20.8 Å². The number of thioether (sulfide) groups is 1. The monoisotopic (exact) mass is 157 g/mol. The lowest BCUT2D eigenvalue weighted by Crippen LogP contribution is -2.20. The summed E-state index contributed by atoms with van der Waals surface area (Å²) < 4.78 is 0. The summed E-state index contributed by atoms with van der Waals surface area (Å²) >= 11 is 1.74. The Morgan fingerprint density at radius 2 is 2.00 bits per heavy atom. The second-order valence-corrected chi connectivity index (χ2v) is 4.41. The summed E-state index contributed by atoms with van der Waals surface area (Å²) in [5, 5.41) is 8.73. The number of nitriles is 1. The van der Waals surface area contributed by atoms with E-state index in [1.54, 1.807) is 11.8 Å².